The van der Waals surface area contributed by atoms with E-state index < -0.39 is 5.60 Å². The summed E-state index contributed by atoms with van der Waals surface area (Å²) >= 11 is 1.52. The van der Waals surface area contributed by atoms with Crippen LogP contribution >= 0.6 is 11.5 Å². The number of anilines is 1. The van der Waals surface area contributed by atoms with E-state index in [4.69, 9.17) is 4.74 Å². The molecule has 6 heteroatoms. The zero-order valence-corrected chi connectivity index (χ0v) is 15.6. The number of likely N-dealkylation sites (N-methyl/N-ethyl adjacent to an activating group) is 1. The Labute approximate surface area is 147 Å². The van der Waals surface area contributed by atoms with E-state index in [9.17, 15) is 4.79 Å². The molecule has 1 saturated heterocycles. The minimum Gasteiger partial charge on any atom is -0.444 e. The van der Waals surface area contributed by atoms with E-state index in [1.807, 2.05) is 44.9 Å². The number of likely N-dealkylation sites (tertiary alicyclic amines) is 1. The van der Waals surface area contributed by atoms with E-state index >= 15 is 0 Å². The second kappa shape index (κ2) is 6.59. The number of benzene rings is 1. The summed E-state index contributed by atoms with van der Waals surface area (Å²) in [6, 6.07) is 8.44. The molecule has 1 aromatic carbocycles. The van der Waals surface area contributed by atoms with Gasteiger partial charge in [-0.3, -0.25) is 0 Å². The molecule has 5 nitrogen and oxygen atoms in total. The number of nitrogens with zero attached hydrogens (tertiary/aromatic N) is 3. The normalized spacial score (nSPS) is 18.2. The van der Waals surface area contributed by atoms with Crippen molar-refractivity contribution in [3.8, 4) is 0 Å². The summed E-state index contributed by atoms with van der Waals surface area (Å²) < 4.78 is 11.3. The number of carbonyl (C=O) groups excluding carboxylic acids is 1. The molecule has 1 aliphatic heterocycles. The Kier molecular flexibility index (Phi) is 4.67. The second-order valence-corrected chi connectivity index (χ2v) is 8.16. The molecule has 1 amide bonds. The Balaban J connectivity index is 1.71. The first-order valence-electron chi connectivity index (χ1n) is 8.40. The van der Waals surface area contributed by atoms with Gasteiger partial charge in [0, 0.05) is 25.5 Å². The fourth-order valence-corrected chi connectivity index (χ4v) is 3.96. The maximum Gasteiger partial charge on any atom is 0.410 e. The van der Waals surface area contributed by atoms with Crippen molar-refractivity contribution in [2.75, 3.05) is 25.0 Å². The van der Waals surface area contributed by atoms with Gasteiger partial charge in [-0.05, 0) is 57.3 Å². The van der Waals surface area contributed by atoms with E-state index in [0.717, 1.165) is 31.7 Å². The van der Waals surface area contributed by atoms with Crippen LogP contribution in [0.5, 0.6) is 0 Å². The zero-order chi connectivity index (χ0) is 17.3. The number of hydrogen-bond donors (Lipinski definition) is 0. The van der Waals surface area contributed by atoms with Gasteiger partial charge < -0.3 is 14.5 Å². The van der Waals surface area contributed by atoms with Crippen LogP contribution in [0.4, 0.5) is 10.6 Å². The third-order valence-corrected chi connectivity index (χ3v) is 5.03. The lowest BCUT2D eigenvalue weighted by atomic mass is 10.2. The summed E-state index contributed by atoms with van der Waals surface area (Å²) in [5.41, 5.74) is -0.457. The molecular formula is C18H25N3O2S. The van der Waals surface area contributed by atoms with E-state index in [2.05, 4.69) is 21.4 Å². The summed E-state index contributed by atoms with van der Waals surface area (Å²) in [5, 5.41) is 1.17. The lowest BCUT2D eigenvalue weighted by molar-refractivity contribution is 0.0232. The smallest absolute Gasteiger partial charge is 0.410 e. The second-order valence-electron chi connectivity index (χ2n) is 7.35. The molecular weight excluding hydrogens is 322 g/mol. The van der Waals surface area contributed by atoms with Crippen molar-refractivity contribution in [3.63, 3.8) is 0 Å². The molecule has 0 spiro atoms. The van der Waals surface area contributed by atoms with E-state index in [-0.39, 0.29) is 12.1 Å². The largest absolute Gasteiger partial charge is 0.444 e. The number of hydrogen-bond acceptors (Lipinski definition) is 5. The van der Waals surface area contributed by atoms with Crippen LogP contribution in [-0.2, 0) is 4.74 Å². The molecule has 0 bridgehead atoms. The number of amides is 1. The van der Waals surface area contributed by atoms with E-state index in [0.29, 0.717) is 0 Å². The third kappa shape index (κ3) is 3.64. The maximum absolute atomic E-state index is 12.4. The predicted octanol–water partition coefficient (Wildman–Crippen LogP) is 4.13. The molecule has 2 aromatic rings. The summed E-state index contributed by atoms with van der Waals surface area (Å²) in [6.07, 6.45) is 1.82. The average Bonchev–Trinajstić information content (AvgIpc) is 3.11. The van der Waals surface area contributed by atoms with Crippen LogP contribution in [0.1, 0.15) is 33.6 Å². The molecule has 1 aliphatic rings. The van der Waals surface area contributed by atoms with Crippen LogP contribution in [-0.4, -0.2) is 47.1 Å². The summed E-state index contributed by atoms with van der Waals surface area (Å²) in [5.74, 6) is 0.992. The summed E-state index contributed by atoms with van der Waals surface area (Å²) in [7, 11) is 2.05. The Morgan fingerprint density at radius 3 is 2.92 bits per heavy atom. The van der Waals surface area contributed by atoms with Gasteiger partial charge in [0.25, 0.3) is 0 Å². The number of ether oxygens (including phenoxy) is 1. The minimum atomic E-state index is -0.457. The summed E-state index contributed by atoms with van der Waals surface area (Å²) in [4.78, 5) is 16.5. The molecule has 1 fully saturated rings. The van der Waals surface area contributed by atoms with E-state index in [1.54, 1.807) is 0 Å². The van der Waals surface area contributed by atoms with Crippen molar-refractivity contribution in [2.45, 2.75) is 45.3 Å². The number of fused-ring (bicyclic) bond motifs is 1. The molecule has 0 radical (unpaired) electrons. The highest BCUT2D eigenvalue weighted by molar-refractivity contribution is 7.13. The van der Waals surface area contributed by atoms with Crippen LogP contribution in [0.3, 0.4) is 0 Å². The Hall–Kier alpha value is -1.82. The molecule has 2 heterocycles. The highest BCUT2D eigenvalue weighted by atomic mass is 32.1. The van der Waals surface area contributed by atoms with Crippen molar-refractivity contribution in [2.24, 2.45) is 0 Å². The quantitative estimate of drug-likeness (QED) is 0.837. The maximum atomic E-state index is 12.4. The van der Waals surface area contributed by atoms with Crippen LogP contribution in [0.25, 0.3) is 10.1 Å². The van der Waals surface area contributed by atoms with E-state index in [1.165, 1.54) is 21.6 Å². The van der Waals surface area contributed by atoms with Crippen molar-refractivity contribution in [1.82, 2.24) is 9.27 Å². The third-order valence-electron chi connectivity index (χ3n) is 4.21. The zero-order valence-electron chi connectivity index (χ0n) is 14.8. The van der Waals surface area contributed by atoms with Crippen molar-refractivity contribution in [1.29, 1.82) is 0 Å². The molecule has 0 N–H and O–H groups in total. The number of aromatic nitrogens is 1. The van der Waals surface area contributed by atoms with Crippen LogP contribution < -0.4 is 4.90 Å². The number of rotatable bonds is 3. The lowest BCUT2D eigenvalue weighted by Gasteiger charge is -2.31. The monoisotopic (exact) mass is 347 g/mol. The van der Waals surface area contributed by atoms with Crippen LogP contribution in [0.15, 0.2) is 24.3 Å². The van der Waals surface area contributed by atoms with Crippen molar-refractivity contribution < 1.29 is 9.53 Å². The summed E-state index contributed by atoms with van der Waals surface area (Å²) in [6.45, 7) is 7.26. The van der Waals surface area contributed by atoms with Gasteiger partial charge in [0.05, 0.1) is 10.7 Å². The van der Waals surface area contributed by atoms with Gasteiger partial charge in [0.1, 0.15) is 11.4 Å². The van der Waals surface area contributed by atoms with Gasteiger partial charge >= 0.3 is 6.09 Å². The first kappa shape index (κ1) is 17.0. The molecule has 1 aromatic heterocycles. The Morgan fingerprint density at radius 1 is 1.42 bits per heavy atom. The molecule has 130 valence electrons. The minimum absolute atomic E-state index is 0.172. The molecule has 0 aliphatic carbocycles. The van der Waals surface area contributed by atoms with Crippen LogP contribution in [0.2, 0.25) is 0 Å². The lowest BCUT2D eigenvalue weighted by Crippen LogP contribution is -2.44. The van der Waals surface area contributed by atoms with Gasteiger partial charge in [-0.2, -0.15) is 4.37 Å². The van der Waals surface area contributed by atoms with Gasteiger partial charge in [0.2, 0.25) is 0 Å². The molecule has 24 heavy (non-hydrogen) atoms. The van der Waals surface area contributed by atoms with Gasteiger partial charge in [-0.25, -0.2) is 4.79 Å². The highest BCUT2D eigenvalue weighted by Gasteiger charge is 2.33. The Bertz CT molecular complexity index is 722. The number of carbonyl (C=O) groups is 1. The fourth-order valence-electron chi connectivity index (χ4n) is 3.14. The first-order valence-corrected chi connectivity index (χ1v) is 9.18. The molecule has 1 atom stereocenters. The fraction of sp³-hybridized carbons (Fsp3) is 0.556. The first-order chi connectivity index (χ1) is 11.3. The topological polar surface area (TPSA) is 45.7 Å². The van der Waals surface area contributed by atoms with Gasteiger partial charge in [-0.1, -0.05) is 12.1 Å². The Morgan fingerprint density at radius 2 is 2.17 bits per heavy atom. The highest BCUT2D eigenvalue weighted by Crippen LogP contribution is 2.30. The standard InChI is InChI=1S/C18H25N3O2S/c1-18(2,3)23-17(22)21-11-7-8-13(21)12-20(4)16-14-9-5-6-10-15(14)24-19-16/h5-6,9-10,13H,7-8,11-12H2,1-4H3. The van der Waals surface area contributed by atoms with Crippen molar-refractivity contribution >= 4 is 33.5 Å². The van der Waals surface area contributed by atoms with Gasteiger partial charge in [0.15, 0.2) is 0 Å². The SMILES string of the molecule is CN(CC1CCCN1C(=O)OC(C)(C)C)c1nsc2ccccc12. The molecule has 1 unspecified atom stereocenters. The molecule has 0 saturated carbocycles. The van der Waals surface area contributed by atoms with Crippen molar-refractivity contribution in [3.05, 3.63) is 24.3 Å². The average molecular weight is 347 g/mol. The predicted molar refractivity (Wildman–Crippen MR) is 98.9 cm³/mol. The van der Waals surface area contributed by atoms with Crippen LogP contribution in [0, 0.1) is 0 Å². The van der Waals surface area contributed by atoms with Gasteiger partial charge in [-0.15, -0.1) is 0 Å². The molecule has 3 rings (SSSR count).